The maximum absolute atomic E-state index is 5.58. The molecule has 3 rings (SSSR count). The number of thiocarbonyl (C=S) groups is 1. The summed E-state index contributed by atoms with van der Waals surface area (Å²) in [6, 6.07) is 9.42. The van der Waals surface area contributed by atoms with Crippen LogP contribution >= 0.6 is 12.2 Å². The quantitative estimate of drug-likeness (QED) is 0.845. The molecule has 1 aliphatic heterocycles. The molecule has 0 amide bonds. The van der Waals surface area contributed by atoms with Crippen LogP contribution in [0.15, 0.2) is 24.3 Å². The van der Waals surface area contributed by atoms with Gasteiger partial charge in [-0.2, -0.15) is 0 Å². The molecular formula is C19H29N3OS. The fourth-order valence-electron chi connectivity index (χ4n) is 3.51. The minimum absolute atomic E-state index is 0.567. The lowest BCUT2D eigenvalue weighted by Crippen LogP contribution is -2.43. The zero-order valence-electron chi connectivity index (χ0n) is 14.7. The van der Waals surface area contributed by atoms with Gasteiger partial charge in [-0.05, 0) is 42.8 Å². The van der Waals surface area contributed by atoms with Crippen molar-refractivity contribution in [2.75, 3.05) is 38.3 Å². The van der Waals surface area contributed by atoms with Crippen LogP contribution in [-0.2, 0) is 11.3 Å². The summed E-state index contributed by atoms with van der Waals surface area (Å²) < 4.78 is 5.42. The summed E-state index contributed by atoms with van der Waals surface area (Å²) in [7, 11) is 2.08. The van der Waals surface area contributed by atoms with E-state index in [1.165, 1.54) is 43.4 Å². The molecule has 2 aliphatic rings. The fourth-order valence-corrected chi connectivity index (χ4v) is 3.74. The Morgan fingerprint density at radius 2 is 1.83 bits per heavy atom. The first-order valence-electron chi connectivity index (χ1n) is 9.15. The molecule has 1 saturated carbocycles. The van der Waals surface area contributed by atoms with Crippen LogP contribution in [0.3, 0.4) is 0 Å². The number of nitrogens with one attached hydrogen (secondary N) is 1. The van der Waals surface area contributed by atoms with Gasteiger partial charge in [-0.25, -0.2) is 0 Å². The number of anilines is 1. The maximum Gasteiger partial charge on any atom is 0.169 e. The Kier molecular flexibility index (Phi) is 6.32. The lowest BCUT2D eigenvalue weighted by Gasteiger charge is -2.30. The molecular weight excluding hydrogens is 318 g/mol. The highest BCUT2D eigenvalue weighted by Crippen LogP contribution is 2.19. The van der Waals surface area contributed by atoms with Gasteiger partial charge in [0, 0.05) is 38.4 Å². The number of benzene rings is 1. The van der Waals surface area contributed by atoms with Gasteiger partial charge in [0.25, 0.3) is 0 Å². The van der Waals surface area contributed by atoms with Crippen LogP contribution in [0.5, 0.6) is 0 Å². The third-order valence-corrected chi connectivity index (χ3v) is 5.44. The zero-order valence-corrected chi connectivity index (χ0v) is 15.5. The van der Waals surface area contributed by atoms with Crippen molar-refractivity contribution in [2.24, 2.45) is 0 Å². The minimum atomic E-state index is 0.567. The Hall–Kier alpha value is -1.33. The molecule has 24 heavy (non-hydrogen) atoms. The first-order chi connectivity index (χ1) is 11.7. The third-order valence-electron chi connectivity index (χ3n) is 5.01. The van der Waals surface area contributed by atoms with Crippen LogP contribution in [0, 0.1) is 0 Å². The van der Waals surface area contributed by atoms with Crippen molar-refractivity contribution in [1.29, 1.82) is 0 Å². The van der Waals surface area contributed by atoms with Crippen LogP contribution in [-0.4, -0.2) is 49.4 Å². The average Bonchev–Trinajstić information content (AvgIpc) is 2.64. The molecule has 2 fully saturated rings. The summed E-state index contributed by atoms with van der Waals surface area (Å²) in [5.41, 5.74) is 2.58. The van der Waals surface area contributed by atoms with Crippen molar-refractivity contribution in [1.82, 2.24) is 10.2 Å². The summed E-state index contributed by atoms with van der Waals surface area (Å²) >= 11 is 5.58. The van der Waals surface area contributed by atoms with Gasteiger partial charge >= 0.3 is 0 Å². The number of hydrogen-bond acceptors (Lipinski definition) is 3. The highest BCUT2D eigenvalue weighted by molar-refractivity contribution is 7.80. The summed E-state index contributed by atoms with van der Waals surface area (Å²) in [5.74, 6) is 0. The van der Waals surface area contributed by atoms with Crippen molar-refractivity contribution in [3.8, 4) is 0 Å². The monoisotopic (exact) mass is 347 g/mol. The van der Waals surface area contributed by atoms with Crippen LogP contribution < -0.4 is 10.2 Å². The van der Waals surface area contributed by atoms with Gasteiger partial charge in [0.1, 0.15) is 0 Å². The highest BCUT2D eigenvalue weighted by atomic mass is 32.1. The largest absolute Gasteiger partial charge is 0.378 e. The van der Waals surface area contributed by atoms with E-state index in [4.69, 9.17) is 17.0 Å². The summed E-state index contributed by atoms with van der Waals surface area (Å²) in [6.45, 7) is 4.46. The third kappa shape index (κ3) is 4.84. The van der Waals surface area contributed by atoms with E-state index in [1.54, 1.807) is 0 Å². The Morgan fingerprint density at radius 1 is 1.17 bits per heavy atom. The molecule has 0 aromatic heterocycles. The van der Waals surface area contributed by atoms with E-state index in [2.05, 4.69) is 46.4 Å². The molecule has 1 heterocycles. The standard InChI is InChI=1S/C19H29N3OS/c1-21(19(24)20-17-5-3-2-4-6-17)15-16-7-9-18(10-8-16)22-11-13-23-14-12-22/h7-10,17H,2-6,11-15H2,1H3,(H,20,24). The van der Waals surface area contributed by atoms with E-state index < -0.39 is 0 Å². The van der Waals surface area contributed by atoms with Crippen LogP contribution in [0.25, 0.3) is 0 Å². The second kappa shape index (κ2) is 8.67. The van der Waals surface area contributed by atoms with Crippen molar-refractivity contribution in [3.05, 3.63) is 29.8 Å². The molecule has 0 bridgehead atoms. The van der Waals surface area contributed by atoms with E-state index in [1.807, 2.05) is 0 Å². The molecule has 1 aliphatic carbocycles. The summed E-state index contributed by atoms with van der Waals surface area (Å²) in [6.07, 6.45) is 6.53. The molecule has 4 nitrogen and oxygen atoms in total. The van der Waals surface area contributed by atoms with Crippen LogP contribution in [0.4, 0.5) is 5.69 Å². The molecule has 1 aromatic carbocycles. The lowest BCUT2D eigenvalue weighted by molar-refractivity contribution is 0.122. The molecule has 1 saturated heterocycles. The average molecular weight is 348 g/mol. The first kappa shape index (κ1) is 17.5. The molecule has 1 aromatic rings. The van der Waals surface area contributed by atoms with Gasteiger partial charge in [-0.3, -0.25) is 0 Å². The van der Waals surface area contributed by atoms with Crippen molar-refractivity contribution in [3.63, 3.8) is 0 Å². The second-order valence-electron chi connectivity index (χ2n) is 6.91. The molecule has 0 radical (unpaired) electrons. The maximum atomic E-state index is 5.58. The molecule has 5 heteroatoms. The van der Waals surface area contributed by atoms with E-state index >= 15 is 0 Å². The minimum Gasteiger partial charge on any atom is -0.378 e. The van der Waals surface area contributed by atoms with Gasteiger partial charge in [0.15, 0.2) is 5.11 Å². The smallest absolute Gasteiger partial charge is 0.169 e. The Morgan fingerprint density at radius 3 is 2.50 bits per heavy atom. The van der Waals surface area contributed by atoms with Gasteiger partial charge < -0.3 is 19.9 Å². The number of rotatable bonds is 4. The molecule has 0 spiro atoms. The number of ether oxygens (including phenoxy) is 1. The normalized spacial score (nSPS) is 19.1. The number of hydrogen-bond donors (Lipinski definition) is 1. The Bertz CT molecular complexity index is 522. The molecule has 1 N–H and O–H groups in total. The van der Waals surface area contributed by atoms with E-state index in [0.29, 0.717) is 6.04 Å². The van der Waals surface area contributed by atoms with E-state index in [-0.39, 0.29) is 0 Å². The van der Waals surface area contributed by atoms with E-state index in [9.17, 15) is 0 Å². The topological polar surface area (TPSA) is 27.7 Å². The van der Waals surface area contributed by atoms with Crippen LogP contribution in [0.2, 0.25) is 0 Å². The predicted octanol–water partition coefficient (Wildman–Crippen LogP) is 3.16. The molecule has 132 valence electrons. The summed E-state index contributed by atoms with van der Waals surface area (Å²) in [5, 5.41) is 4.41. The van der Waals surface area contributed by atoms with Gasteiger partial charge in [0.05, 0.1) is 13.2 Å². The van der Waals surface area contributed by atoms with Gasteiger partial charge in [0.2, 0.25) is 0 Å². The number of nitrogens with zero attached hydrogens (tertiary/aromatic N) is 2. The number of morpholine rings is 1. The fraction of sp³-hybridized carbons (Fsp3) is 0.632. The van der Waals surface area contributed by atoms with Gasteiger partial charge in [-0.1, -0.05) is 31.4 Å². The summed E-state index contributed by atoms with van der Waals surface area (Å²) in [4.78, 5) is 4.53. The van der Waals surface area contributed by atoms with Crippen LogP contribution in [0.1, 0.15) is 37.7 Å². The molecule has 0 atom stereocenters. The van der Waals surface area contributed by atoms with Crippen molar-refractivity contribution >= 4 is 23.0 Å². The molecule has 0 unspecified atom stereocenters. The Balaban J connectivity index is 1.49. The van der Waals surface area contributed by atoms with Gasteiger partial charge in [-0.15, -0.1) is 0 Å². The van der Waals surface area contributed by atoms with Crippen molar-refractivity contribution in [2.45, 2.75) is 44.7 Å². The SMILES string of the molecule is CN(Cc1ccc(N2CCOCC2)cc1)C(=S)NC1CCCCC1. The predicted molar refractivity (Wildman–Crippen MR) is 104 cm³/mol. The Labute approximate surface area is 151 Å². The highest BCUT2D eigenvalue weighted by Gasteiger charge is 2.16. The van der Waals surface area contributed by atoms with Crippen molar-refractivity contribution < 1.29 is 4.74 Å². The zero-order chi connectivity index (χ0) is 16.8. The lowest BCUT2D eigenvalue weighted by atomic mass is 9.96. The van der Waals surface area contributed by atoms with E-state index in [0.717, 1.165) is 38.0 Å². The second-order valence-corrected chi connectivity index (χ2v) is 7.29. The first-order valence-corrected chi connectivity index (χ1v) is 9.56.